The minimum atomic E-state index is -0.216. The molecule has 108 valence electrons. The van der Waals surface area contributed by atoms with Crippen LogP contribution in [-0.2, 0) is 11.2 Å². The van der Waals surface area contributed by atoms with E-state index >= 15 is 0 Å². The van der Waals surface area contributed by atoms with Crippen LogP contribution in [0.1, 0.15) is 23.5 Å². The molecule has 1 aliphatic carbocycles. The van der Waals surface area contributed by atoms with Crippen molar-refractivity contribution in [1.29, 1.82) is 0 Å². The Bertz CT molecular complexity index is 671. The zero-order valence-corrected chi connectivity index (χ0v) is 11.4. The first kappa shape index (κ1) is 13.6. The molecule has 0 aromatic heterocycles. The van der Waals surface area contributed by atoms with Gasteiger partial charge in [0, 0.05) is 12.0 Å². The van der Waals surface area contributed by atoms with Crippen LogP contribution in [0.2, 0.25) is 0 Å². The Morgan fingerprint density at radius 3 is 2.81 bits per heavy atom. The lowest BCUT2D eigenvalue weighted by Crippen LogP contribution is -2.28. The Balaban J connectivity index is 1.57. The predicted octanol–water partition coefficient (Wildman–Crippen LogP) is 2.75. The number of nitrogens with one attached hydrogen (secondary N) is 1. The maximum atomic E-state index is 13.6. The van der Waals surface area contributed by atoms with Crippen LogP contribution in [0.25, 0.3) is 0 Å². The lowest BCUT2D eigenvalue weighted by molar-refractivity contribution is -0.120. The zero-order valence-electron chi connectivity index (χ0n) is 11.4. The topological polar surface area (TPSA) is 49.3 Å². The van der Waals surface area contributed by atoms with Gasteiger partial charge in [0.1, 0.15) is 11.6 Å². The zero-order chi connectivity index (χ0) is 14.8. The average Bonchev–Trinajstić information content (AvgIpc) is 3.18. The average molecular weight is 285 g/mol. The van der Waals surface area contributed by atoms with Gasteiger partial charge in [0.2, 0.25) is 5.91 Å². The highest BCUT2D eigenvalue weighted by Crippen LogP contribution is 2.41. The molecular formula is C17H16FNO2. The van der Waals surface area contributed by atoms with Crippen molar-refractivity contribution in [2.45, 2.75) is 24.8 Å². The van der Waals surface area contributed by atoms with Crippen molar-refractivity contribution >= 4 is 5.91 Å². The Morgan fingerprint density at radius 2 is 2.05 bits per heavy atom. The second kappa shape index (κ2) is 5.56. The number of phenolic OH excluding ortho intramolecular Hbond substituents is 1. The molecule has 2 atom stereocenters. The third-order valence-electron chi connectivity index (χ3n) is 3.72. The van der Waals surface area contributed by atoms with Crippen molar-refractivity contribution < 1.29 is 14.3 Å². The van der Waals surface area contributed by atoms with Crippen LogP contribution in [0.5, 0.6) is 5.75 Å². The molecule has 2 aromatic rings. The van der Waals surface area contributed by atoms with Crippen LogP contribution >= 0.6 is 0 Å². The summed E-state index contributed by atoms with van der Waals surface area (Å²) in [7, 11) is 0. The maximum absolute atomic E-state index is 13.6. The summed E-state index contributed by atoms with van der Waals surface area (Å²) in [6.45, 7) is 0. The first-order valence-corrected chi connectivity index (χ1v) is 6.95. The molecule has 2 aromatic carbocycles. The van der Waals surface area contributed by atoms with Gasteiger partial charge in [-0.15, -0.1) is 0 Å². The van der Waals surface area contributed by atoms with Crippen molar-refractivity contribution in [1.82, 2.24) is 5.32 Å². The van der Waals surface area contributed by atoms with Crippen LogP contribution in [0.4, 0.5) is 4.39 Å². The van der Waals surface area contributed by atoms with E-state index in [0.29, 0.717) is 5.56 Å². The molecule has 0 saturated heterocycles. The molecule has 1 amide bonds. The fourth-order valence-electron chi connectivity index (χ4n) is 2.58. The van der Waals surface area contributed by atoms with Crippen molar-refractivity contribution in [3.8, 4) is 5.75 Å². The Morgan fingerprint density at radius 1 is 1.24 bits per heavy atom. The highest BCUT2D eigenvalue weighted by molar-refractivity contribution is 5.79. The normalized spacial score (nSPS) is 20.0. The molecule has 1 saturated carbocycles. The number of phenols is 1. The largest absolute Gasteiger partial charge is 0.508 e. The molecule has 3 rings (SSSR count). The second-order valence-electron chi connectivity index (χ2n) is 5.38. The van der Waals surface area contributed by atoms with Crippen molar-refractivity contribution in [2.24, 2.45) is 0 Å². The Hall–Kier alpha value is -2.36. The first-order chi connectivity index (χ1) is 10.1. The first-order valence-electron chi connectivity index (χ1n) is 6.95. The summed E-state index contributed by atoms with van der Waals surface area (Å²) in [6.07, 6.45) is 0.988. The molecule has 0 heterocycles. The van der Waals surface area contributed by atoms with Crippen molar-refractivity contribution in [3.05, 3.63) is 65.5 Å². The number of hydrogen-bond donors (Lipinski definition) is 2. The number of carbonyl (C=O) groups excluding carboxylic acids is 1. The van der Waals surface area contributed by atoms with E-state index in [9.17, 15) is 14.3 Å². The minimum Gasteiger partial charge on any atom is -0.508 e. The SMILES string of the molecule is O=C(Cc1cccc(O)c1)N[C@@H]1C[C@@H]1c1ccccc1F. The summed E-state index contributed by atoms with van der Waals surface area (Å²) in [5, 5.41) is 12.3. The predicted molar refractivity (Wildman–Crippen MR) is 77.5 cm³/mol. The fourth-order valence-corrected chi connectivity index (χ4v) is 2.58. The molecule has 0 aliphatic heterocycles. The van der Waals surface area contributed by atoms with Gasteiger partial charge in [-0.25, -0.2) is 4.39 Å². The van der Waals surface area contributed by atoms with Crippen LogP contribution < -0.4 is 5.32 Å². The molecule has 1 fully saturated rings. The summed E-state index contributed by atoms with van der Waals surface area (Å²) in [4.78, 5) is 11.9. The number of benzene rings is 2. The van der Waals surface area contributed by atoms with E-state index in [2.05, 4.69) is 5.32 Å². The highest BCUT2D eigenvalue weighted by Gasteiger charge is 2.40. The number of hydrogen-bond acceptors (Lipinski definition) is 2. The number of aromatic hydroxyl groups is 1. The van der Waals surface area contributed by atoms with Gasteiger partial charge in [-0.1, -0.05) is 30.3 Å². The third-order valence-corrected chi connectivity index (χ3v) is 3.72. The van der Waals surface area contributed by atoms with Gasteiger partial charge in [0.15, 0.2) is 0 Å². The molecular weight excluding hydrogens is 269 g/mol. The van der Waals surface area contributed by atoms with Gasteiger partial charge in [0.05, 0.1) is 6.42 Å². The van der Waals surface area contributed by atoms with E-state index in [1.165, 1.54) is 6.07 Å². The summed E-state index contributed by atoms with van der Waals surface area (Å²) in [6, 6.07) is 13.3. The fraction of sp³-hybridized carbons (Fsp3) is 0.235. The molecule has 3 nitrogen and oxygen atoms in total. The van der Waals surface area contributed by atoms with E-state index in [-0.39, 0.29) is 35.9 Å². The minimum absolute atomic E-state index is 0.00621. The number of amides is 1. The highest BCUT2D eigenvalue weighted by atomic mass is 19.1. The molecule has 4 heteroatoms. The van der Waals surface area contributed by atoms with E-state index in [4.69, 9.17) is 0 Å². The number of halogens is 1. The van der Waals surface area contributed by atoms with Gasteiger partial charge in [-0.3, -0.25) is 4.79 Å². The second-order valence-corrected chi connectivity index (χ2v) is 5.38. The molecule has 0 spiro atoms. The van der Waals surface area contributed by atoms with Crippen LogP contribution in [-0.4, -0.2) is 17.1 Å². The van der Waals surface area contributed by atoms with Crippen LogP contribution in [0.15, 0.2) is 48.5 Å². The van der Waals surface area contributed by atoms with Gasteiger partial charge < -0.3 is 10.4 Å². The Labute approximate surface area is 122 Å². The van der Waals surface area contributed by atoms with Crippen molar-refractivity contribution in [3.63, 3.8) is 0 Å². The van der Waals surface area contributed by atoms with Gasteiger partial charge in [-0.05, 0) is 35.7 Å². The standard InChI is InChI=1S/C17H16FNO2/c18-15-7-2-1-6-13(15)14-10-16(14)19-17(21)9-11-4-3-5-12(20)8-11/h1-8,14,16,20H,9-10H2,(H,19,21)/t14-,16-/m1/s1. The quantitative estimate of drug-likeness (QED) is 0.907. The smallest absolute Gasteiger partial charge is 0.224 e. The third kappa shape index (κ3) is 3.21. The van der Waals surface area contributed by atoms with E-state index < -0.39 is 0 Å². The molecule has 0 unspecified atom stereocenters. The molecule has 0 bridgehead atoms. The van der Waals surface area contributed by atoms with Crippen molar-refractivity contribution in [2.75, 3.05) is 0 Å². The van der Waals surface area contributed by atoms with Crippen LogP contribution in [0, 0.1) is 5.82 Å². The van der Waals surface area contributed by atoms with E-state index in [1.54, 1.807) is 36.4 Å². The summed E-state index contributed by atoms with van der Waals surface area (Å²) < 4.78 is 13.6. The maximum Gasteiger partial charge on any atom is 0.224 e. The summed E-state index contributed by atoms with van der Waals surface area (Å²) in [5.41, 5.74) is 1.43. The summed E-state index contributed by atoms with van der Waals surface area (Å²) in [5.74, 6) is -0.105. The lowest BCUT2D eigenvalue weighted by atomic mass is 10.1. The molecule has 21 heavy (non-hydrogen) atoms. The number of carbonyl (C=O) groups is 1. The van der Waals surface area contributed by atoms with E-state index in [0.717, 1.165) is 12.0 Å². The Kier molecular flexibility index (Phi) is 3.60. The molecule has 2 N–H and O–H groups in total. The van der Waals surface area contributed by atoms with Gasteiger partial charge >= 0.3 is 0 Å². The summed E-state index contributed by atoms with van der Waals surface area (Å²) >= 11 is 0. The van der Waals surface area contributed by atoms with Crippen LogP contribution in [0.3, 0.4) is 0 Å². The molecule has 1 aliphatic rings. The van der Waals surface area contributed by atoms with Gasteiger partial charge in [-0.2, -0.15) is 0 Å². The molecule has 0 radical (unpaired) electrons. The van der Waals surface area contributed by atoms with E-state index in [1.807, 2.05) is 6.07 Å². The monoisotopic (exact) mass is 285 g/mol. The lowest BCUT2D eigenvalue weighted by Gasteiger charge is -2.06. The van der Waals surface area contributed by atoms with Gasteiger partial charge in [0.25, 0.3) is 0 Å². The number of rotatable bonds is 4.